The third-order valence-corrected chi connectivity index (χ3v) is 5.59. The molecule has 0 aromatic heterocycles. The van der Waals surface area contributed by atoms with Crippen molar-refractivity contribution in [1.29, 1.82) is 0 Å². The molecule has 0 radical (unpaired) electrons. The highest BCUT2D eigenvalue weighted by Crippen LogP contribution is 2.52. The fraction of sp³-hybridized carbons (Fsp3) is 0.600. The van der Waals surface area contributed by atoms with Gasteiger partial charge >= 0.3 is 37.8 Å². The molecule has 17 heteroatoms. The van der Waals surface area contributed by atoms with Crippen molar-refractivity contribution in [1.82, 2.24) is 5.32 Å². The van der Waals surface area contributed by atoms with Crippen LogP contribution in [0.1, 0.15) is 20.8 Å². The van der Waals surface area contributed by atoms with Crippen LogP contribution in [0.5, 0.6) is 0 Å². The van der Waals surface area contributed by atoms with Crippen molar-refractivity contribution in [2.75, 3.05) is 19.8 Å². The Morgan fingerprint density at radius 1 is 0.946 bits per heavy atom. The number of halogens is 3. The highest BCUT2D eigenvalue weighted by atomic mass is 31.2. The molecule has 0 aliphatic carbocycles. The Bertz CT molecular complexity index is 895. The Morgan fingerprint density at radius 3 is 1.89 bits per heavy atom. The van der Waals surface area contributed by atoms with Crippen LogP contribution >= 0.6 is 7.82 Å². The highest BCUT2D eigenvalue weighted by Gasteiger charge is 2.55. The summed E-state index contributed by atoms with van der Waals surface area (Å²) in [5.74, 6) is -5.42. The molecule has 1 amide bonds. The number of amides is 1. The number of ether oxygens (including phenoxy) is 4. The van der Waals surface area contributed by atoms with Crippen molar-refractivity contribution in [2.24, 2.45) is 0 Å². The number of alkyl halides is 3. The number of carbonyl (C=O) groups is 4. The largest absolute Gasteiger partial charge is 0.477 e. The van der Waals surface area contributed by atoms with Gasteiger partial charge < -0.3 is 24.3 Å². The van der Waals surface area contributed by atoms with Crippen LogP contribution in [0.2, 0.25) is 0 Å². The Balaban J connectivity index is 3.60. The van der Waals surface area contributed by atoms with Crippen molar-refractivity contribution in [3.8, 4) is 0 Å². The second kappa shape index (κ2) is 14.2. The van der Waals surface area contributed by atoms with E-state index in [1.807, 2.05) is 0 Å². The fourth-order valence-electron chi connectivity index (χ4n) is 2.89. The normalized spacial score (nSPS) is 23.9. The van der Waals surface area contributed by atoms with E-state index in [0.29, 0.717) is 0 Å². The fourth-order valence-corrected chi connectivity index (χ4v) is 4.10. The van der Waals surface area contributed by atoms with Crippen LogP contribution in [-0.4, -0.2) is 80.5 Å². The number of rotatable bonds is 13. The SMILES string of the molecule is C=CCOP(=O)(OCC=C)O[C@H]1O[C@H](COC(C)=O)[C@@H](OC(C)=O)[C@H](OC(C)=O)[C@H]1NC(=O)C(F)(F)F. The third kappa shape index (κ3) is 10.6. The summed E-state index contributed by atoms with van der Waals surface area (Å²) in [7, 11) is -4.67. The summed E-state index contributed by atoms with van der Waals surface area (Å²) < 4.78 is 88.2. The smallest absolute Gasteiger partial charge is 0.463 e. The van der Waals surface area contributed by atoms with Gasteiger partial charge in [0.1, 0.15) is 18.8 Å². The predicted octanol–water partition coefficient (Wildman–Crippen LogP) is 1.71. The van der Waals surface area contributed by atoms with E-state index in [-0.39, 0.29) is 0 Å². The van der Waals surface area contributed by atoms with E-state index < -0.39 is 88.3 Å². The lowest BCUT2D eigenvalue weighted by molar-refractivity contribution is -0.262. The van der Waals surface area contributed by atoms with Gasteiger partial charge in [-0.05, 0) is 0 Å². The summed E-state index contributed by atoms with van der Waals surface area (Å²) in [5.41, 5.74) is 0. The Morgan fingerprint density at radius 2 is 1.46 bits per heavy atom. The average molecular weight is 561 g/mol. The van der Waals surface area contributed by atoms with Crippen LogP contribution in [0.15, 0.2) is 25.3 Å². The molecule has 0 spiro atoms. The number of hydrogen-bond acceptors (Lipinski definition) is 12. The molecule has 1 rings (SSSR count). The Hall–Kier alpha value is -2.78. The van der Waals surface area contributed by atoms with E-state index in [2.05, 4.69) is 13.2 Å². The first-order valence-corrected chi connectivity index (χ1v) is 11.9. The van der Waals surface area contributed by atoms with Gasteiger partial charge in [-0.15, -0.1) is 13.2 Å². The van der Waals surface area contributed by atoms with E-state index in [1.165, 1.54) is 5.32 Å². The minimum absolute atomic E-state index is 0.416. The van der Waals surface area contributed by atoms with Gasteiger partial charge in [0.2, 0.25) is 0 Å². The summed E-state index contributed by atoms with van der Waals surface area (Å²) in [4.78, 5) is 46.7. The van der Waals surface area contributed by atoms with Crippen LogP contribution in [0.4, 0.5) is 13.2 Å². The number of carbonyl (C=O) groups excluding carboxylic acids is 4. The maximum Gasteiger partial charge on any atom is 0.477 e. The average Bonchev–Trinajstić information content (AvgIpc) is 2.77. The van der Waals surface area contributed by atoms with Crippen LogP contribution in [0.25, 0.3) is 0 Å². The molecule has 1 saturated heterocycles. The molecule has 210 valence electrons. The van der Waals surface area contributed by atoms with Gasteiger partial charge in [0.15, 0.2) is 18.5 Å². The van der Waals surface area contributed by atoms with E-state index in [9.17, 15) is 36.9 Å². The topological polar surface area (TPSA) is 162 Å². The van der Waals surface area contributed by atoms with Crippen molar-refractivity contribution < 1.29 is 69.4 Å². The number of nitrogens with one attached hydrogen (secondary N) is 1. The third-order valence-electron chi connectivity index (χ3n) is 4.19. The first-order chi connectivity index (χ1) is 17.1. The van der Waals surface area contributed by atoms with Crippen LogP contribution in [0, 0.1) is 0 Å². The van der Waals surface area contributed by atoms with Gasteiger partial charge in [0, 0.05) is 20.8 Å². The summed E-state index contributed by atoms with van der Waals surface area (Å²) in [6.07, 6.45) is -10.5. The highest BCUT2D eigenvalue weighted by molar-refractivity contribution is 7.48. The minimum atomic E-state index is -5.43. The lowest BCUT2D eigenvalue weighted by atomic mass is 9.96. The second-order valence-corrected chi connectivity index (χ2v) is 8.83. The van der Waals surface area contributed by atoms with Crippen molar-refractivity contribution in [2.45, 2.75) is 57.6 Å². The molecule has 1 aliphatic rings. The standard InChI is InChI=1S/C20H27F3NO12P/c1-6-8-31-37(29,32-9-7-2)36-18-15(24-19(28)20(21,22)23)17(34-13(5)27)16(33-12(4)26)14(35-18)10-30-11(3)25/h6-7,14-18H,1-2,8-10H2,3-5H3,(H,24,28)/t14-,15-,16-,17-,18-/m1/s1. The van der Waals surface area contributed by atoms with E-state index in [4.69, 9.17) is 32.5 Å². The molecular formula is C20H27F3NO12P. The molecule has 0 bridgehead atoms. The molecule has 13 nitrogen and oxygen atoms in total. The molecule has 0 aromatic carbocycles. The molecule has 1 N–H and O–H groups in total. The molecule has 1 heterocycles. The molecule has 0 saturated carbocycles. The van der Waals surface area contributed by atoms with Crippen molar-refractivity contribution >= 4 is 31.6 Å². The van der Waals surface area contributed by atoms with Crippen LogP contribution < -0.4 is 5.32 Å². The Labute approximate surface area is 209 Å². The summed E-state index contributed by atoms with van der Waals surface area (Å²) >= 11 is 0. The van der Waals surface area contributed by atoms with Gasteiger partial charge in [0.25, 0.3) is 0 Å². The van der Waals surface area contributed by atoms with Gasteiger partial charge in [-0.1, -0.05) is 12.2 Å². The zero-order chi connectivity index (χ0) is 28.4. The quantitative estimate of drug-likeness (QED) is 0.150. The molecule has 0 unspecified atom stereocenters. The summed E-state index contributed by atoms with van der Waals surface area (Å²) in [6.45, 7) is 8.04. The van der Waals surface area contributed by atoms with Gasteiger partial charge in [-0.2, -0.15) is 13.2 Å². The van der Waals surface area contributed by atoms with Crippen molar-refractivity contribution in [3.05, 3.63) is 25.3 Å². The minimum Gasteiger partial charge on any atom is -0.463 e. The second-order valence-electron chi connectivity index (χ2n) is 7.21. The first-order valence-electron chi connectivity index (χ1n) is 10.4. The molecular weight excluding hydrogens is 534 g/mol. The number of phosphoric ester groups is 1. The lowest BCUT2D eigenvalue weighted by Gasteiger charge is -2.45. The molecule has 1 aliphatic heterocycles. The molecule has 1 fully saturated rings. The molecule has 0 aromatic rings. The number of hydrogen-bond donors (Lipinski definition) is 1. The number of esters is 3. The van der Waals surface area contributed by atoms with Crippen LogP contribution in [-0.2, 0) is 56.3 Å². The summed E-state index contributed by atoms with van der Waals surface area (Å²) in [5, 5.41) is 1.53. The van der Waals surface area contributed by atoms with E-state index in [0.717, 1.165) is 32.9 Å². The van der Waals surface area contributed by atoms with E-state index in [1.54, 1.807) is 0 Å². The predicted molar refractivity (Wildman–Crippen MR) is 115 cm³/mol. The maximum atomic E-state index is 13.1. The zero-order valence-corrected chi connectivity index (χ0v) is 21.0. The van der Waals surface area contributed by atoms with Gasteiger partial charge in [0.05, 0.1) is 13.2 Å². The molecule has 5 atom stereocenters. The summed E-state index contributed by atoms with van der Waals surface area (Å²) in [6, 6.07) is -2.09. The monoisotopic (exact) mass is 561 g/mol. The van der Waals surface area contributed by atoms with Crippen molar-refractivity contribution in [3.63, 3.8) is 0 Å². The molecule has 37 heavy (non-hydrogen) atoms. The number of phosphoric acid groups is 1. The van der Waals surface area contributed by atoms with Gasteiger partial charge in [-0.3, -0.25) is 32.7 Å². The Kier molecular flexibility index (Phi) is 12.4. The lowest BCUT2D eigenvalue weighted by Crippen LogP contribution is -2.67. The zero-order valence-electron chi connectivity index (χ0n) is 20.1. The maximum absolute atomic E-state index is 13.1. The van der Waals surface area contributed by atoms with Crippen LogP contribution in [0.3, 0.4) is 0 Å². The first kappa shape index (κ1) is 32.2. The van der Waals surface area contributed by atoms with E-state index >= 15 is 0 Å². The van der Waals surface area contributed by atoms with Gasteiger partial charge in [-0.25, -0.2) is 4.57 Å².